The van der Waals surface area contributed by atoms with E-state index in [1.54, 1.807) is 17.8 Å². The van der Waals surface area contributed by atoms with Gasteiger partial charge in [0.05, 0.1) is 11.3 Å². The molecule has 0 saturated heterocycles. The van der Waals surface area contributed by atoms with E-state index >= 15 is 0 Å². The zero-order chi connectivity index (χ0) is 13.8. The van der Waals surface area contributed by atoms with E-state index in [-0.39, 0.29) is 18.0 Å². The molecule has 1 aromatic rings. The first kappa shape index (κ1) is 13.7. The van der Waals surface area contributed by atoms with Gasteiger partial charge in [-0.2, -0.15) is 11.8 Å². The molecule has 1 aromatic carbocycles. The Morgan fingerprint density at radius 2 is 2.32 bits per heavy atom. The molecule has 2 rings (SSSR count). The molecule has 0 atom stereocenters. The van der Waals surface area contributed by atoms with Crippen LogP contribution >= 0.6 is 11.8 Å². The van der Waals surface area contributed by atoms with Crippen LogP contribution in [0.1, 0.15) is 12.0 Å². The molecule has 0 saturated carbocycles. The van der Waals surface area contributed by atoms with Gasteiger partial charge >= 0.3 is 0 Å². The maximum Gasteiger partial charge on any atom is 0.292 e. The minimum absolute atomic E-state index is 0.0272. The maximum atomic E-state index is 11.3. The predicted octanol–water partition coefficient (Wildman–Crippen LogP) is 2.25. The van der Waals surface area contributed by atoms with Crippen LogP contribution in [0.4, 0.5) is 17.1 Å². The molecule has 102 valence electrons. The van der Waals surface area contributed by atoms with Gasteiger partial charge in [0.25, 0.3) is 5.69 Å². The molecular weight excluding hydrogens is 266 g/mol. The number of fused-ring (bicyclic) bond motifs is 1. The summed E-state index contributed by atoms with van der Waals surface area (Å²) in [6.07, 6.45) is 3.16. The van der Waals surface area contributed by atoms with E-state index in [2.05, 4.69) is 10.6 Å². The molecule has 1 amide bonds. The van der Waals surface area contributed by atoms with Crippen LogP contribution < -0.4 is 10.6 Å². The van der Waals surface area contributed by atoms with Crippen LogP contribution in [0.2, 0.25) is 0 Å². The Balaban J connectivity index is 2.19. The summed E-state index contributed by atoms with van der Waals surface area (Å²) >= 11 is 1.74. The quantitative estimate of drug-likeness (QED) is 0.474. The van der Waals surface area contributed by atoms with E-state index in [1.165, 1.54) is 6.07 Å². The Morgan fingerprint density at radius 3 is 3.00 bits per heavy atom. The average molecular weight is 281 g/mol. The molecule has 0 unspecified atom stereocenters. The third-order valence-corrected chi connectivity index (χ3v) is 3.58. The molecule has 6 nitrogen and oxygen atoms in total. The number of hydrogen-bond donors (Lipinski definition) is 2. The fourth-order valence-corrected chi connectivity index (χ4v) is 2.43. The van der Waals surface area contributed by atoms with Crippen LogP contribution in [-0.4, -0.2) is 29.4 Å². The number of carbonyl (C=O) groups is 1. The molecule has 2 N–H and O–H groups in total. The van der Waals surface area contributed by atoms with Crippen molar-refractivity contribution in [2.75, 3.05) is 29.2 Å². The lowest BCUT2D eigenvalue weighted by molar-refractivity contribution is -0.384. The van der Waals surface area contributed by atoms with Gasteiger partial charge in [0.2, 0.25) is 5.91 Å². The number of carbonyl (C=O) groups excluding carboxylic acids is 1. The standard InChI is InChI=1S/C12H15N3O3S/c1-19-4-2-3-13-10-7-9-8(6-12(16)14-9)5-11(10)15(17)18/h5,7,13H,2-4,6H2,1H3,(H,14,16). The summed E-state index contributed by atoms with van der Waals surface area (Å²) in [5.41, 5.74) is 1.85. The van der Waals surface area contributed by atoms with Gasteiger partial charge in [-0.15, -0.1) is 0 Å². The van der Waals surface area contributed by atoms with E-state index in [0.717, 1.165) is 12.2 Å². The van der Waals surface area contributed by atoms with Crippen LogP contribution in [0.15, 0.2) is 12.1 Å². The van der Waals surface area contributed by atoms with E-state index in [1.807, 2.05) is 6.26 Å². The zero-order valence-corrected chi connectivity index (χ0v) is 11.4. The number of thioether (sulfide) groups is 1. The number of nitro benzene ring substituents is 1. The Bertz CT molecular complexity index is 519. The molecule has 1 heterocycles. The summed E-state index contributed by atoms with van der Waals surface area (Å²) in [4.78, 5) is 21.9. The van der Waals surface area contributed by atoms with E-state index in [4.69, 9.17) is 0 Å². The summed E-state index contributed by atoms with van der Waals surface area (Å²) in [7, 11) is 0. The lowest BCUT2D eigenvalue weighted by Crippen LogP contribution is -2.06. The van der Waals surface area contributed by atoms with Gasteiger partial charge in [-0.25, -0.2) is 0 Å². The third kappa shape index (κ3) is 3.17. The Labute approximate surface area is 115 Å². The first-order valence-corrected chi connectivity index (χ1v) is 7.35. The highest BCUT2D eigenvalue weighted by molar-refractivity contribution is 7.98. The van der Waals surface area contributed by atoms with Crippen LogP contribution in [0, 0.1) is 10.1 Å². The van der Waals surface area contributed by atoms with Gasteiger partial charge in [0.15, 0.2) is 0 Å². The van der Waals surface area contributed by atoms with Crippen molar-refractivity contribution < 1.29 is 9.72 Å². The Hall–Kier alpha value is -1.76. The summed E-state index contributed by atoms with van der Waals surface area (Å²) in [6.45, 7) is 0.675. The Morgan fingerprint density at radius 1 is 1.53 bits per heavy atom. The minimum Gasteiger partial charge on any atom is -0.379 e. The maximum absolute atomic E-state index is 11.3. The second-order valence-electron chi connectivity index (χ2n) is 4.28. The summed E-state index contributed by atoms with van der Waals surface area (Å²) in [5.74, 6) is 0.881. The van der Waals surface area contributed by atoms with Gasteiger partial charge in [-0.1, -0.05) is 0 Å². The highest BCUT2D eigenvalue weighted by atomic mass is 32.2. The predicted molar refractivity (Wildman–Crippen MR) is 76.9 cm³/mol. The highest BCUT2D eigenvalue weighted by Gasteiger charge is 2.24. The summed E-state index contributed by atoms with van der Waals surface area (Å²) in [6, 6.07) is 3.13. The molecule has 0 fully saturated rings. The first-order chi connectivity index (χ1) is 9.11. The average Bonchev–Trinajstić information content (AvgIpc) is 2.72. The number of hydrogen-bond acceptors (Lipinski definition) is 5. The van der Waals surface area contributed by atoms with Crippen molar-refractivity contribution >= 4 is 34.7 Å². The molecular formula is C12H15N3O3S. The fraction of sp³-hybridized carbons (Fsp3) is 0.417. The normalized spacial score (nSPS) is 13.0. The molecule has 0 radical (unpaired) electrons. The van der Waals surface area contributed by atoms with Gasteiger partial charge in [0, 0.05) is 18.3 Å². The van der Waals surface area contributed by atoms with Gasteiger partial charge < -0.3 is 10.6 Å². The number of rotatable bonds is 6. The zero-order valence-electron chi connectivity index (χ0n) is 10.6. The smallest absolute Gasteiger partial charge is 0.292 e. The number of benzene rings is 1. The van der Waals surface area contributed by atoms with Gasteiger partial charge in [0.1, 0.15) is 5.69 Å². The van der Waals surface area contributed by atoms with E-state index < -0.39 is 4.92 Å². The van der Waals surface area contributed by atoms with E-state index in [9.17, 15) is 14.9 Å². The van der Waals surface area contributed by atoms with Crippen molar-refractivity contribution in [3.05, 3.63) is 27.8 Å². The Kier molecular flexibility index (Phi) is 4.26. The largest absolute Gasteiger partial charge is 0.379 e. The monoisotopic (exact) mass is 281 g/mol. The molecule has 1 aliphatic heterocycles. The second-order valence-corrected chi connectivity index (χ2v) is 5.27. The molecule has 0 aliphatic carbocycles. The van der Waals surface area contributed by atoms with E-state index in [0.29, 0.717) is 23.5 Å². The number of nitro groups is 1. The fourth-order valence-electron chi connectivity index (χ4n) is 1.99. The third-order valence-electron chi connectivity index (χ3n) is 2.88. The van der Waals surface area contributed by atoms with Crippen molar-refractivity contribution in [2.45, 2.75) is 12.8 Å². The molecule has 0 spiro atoms. The lowest BCUT2D eigenvalue weighted by atomic mass is 10.1. The van der Waals surface area contributed by atoms with Crippen LogP contribution in [0.5, 0.6) is 0 Å². The summed E-state index contributed by atoms with van der Waals surface area (Å²) < 4.78 is 0. The van der Waals surface area contributed by atoms with Crippen molar-refractivity contribution in [2.24, 2.45) is 0 Å². The number of nitrogens with one attached hydrogen (secondary N) is 2. The molecule has 1 aliphatic rings. The van der Waals surface area contributed by atoms with Crippen molar-refractivity contribution in [3.63, 3.8) is 0 Å². The van der Waals surface area contributed by atoms with Crippen LogP contribution in [-0.2, 0) is 11.2 Å². The van der Waals surface area contributed by atoms with Crippen LogP contribution in [0.25, 0.3) is 0 Å². The minimum atomic E-state index is -0.417. The number of amides is 1. The molecule has 0 aromatic heterocycles. The topological polar surface area (TPSA) is 84.3 Å². The number of nitrogens with zero attached hydrogens (tertiary/aromatic N) is 1. The van der Waals surface area contributed by atoms with Gasteiger partial charge in [-0.3, -0.25) is 14.9 Å². The van der Waals surface area contributed by atoms with Crippen LogP contribution in [0.3, 0.4) is 0 Å². The molecule has 0 bridgehead atoms. The van der Waals surface area contributed by atoms with Crippen molar-refractivity contribution in [3.8, 4) is 0 Å². The highest BCUT2D eigenvalue weighted by Crippen LogP contribution is 2.34. The lowest BCUT2D eigenvalue weighted by Gasteiger charge is -2.08. The second kappa shape index (κ2) is 5.92. The first-order valence-electron chi connectivity index (χ1n) is 5.96. The van der Waals surface area contributed by atoms with Gasteiger partial charge in [-0.05, 0) is 30.1 Å². The van der Waals surface area contributed by atoms with Crippen molar-refractivity contribution in [1.82, 2.24) is 0 Å². The summed E-state index contributed by atoms with van der Waals surface area (Å²) in [5, 5.41) is 16.8. The molecule has 19 heavy (non-hydrogen) atoms. The SMILES string of the molecule is CSCCCNc1cc2c(cc1[N+](=O)[O-])CC(=O)N2. The molecule has 7 heteroatoms. The number of anilines is 2. The van der Waals surface area contributed by atoms with Crippen molar-refractivity contribution in [1.29, 1.82) is 0 Å².